The maximum atomic E-state index is 11.5. The van der Waals surface area contributed by atoms with Crippen LogP contribution >= 0.6 is 0 Å². The molecule has 0 aromatic rings. The predicted octanol–water partition coefficient (Wildman–Crippen LogP) is -3.24. The maximum Gasteiger partial charge on any atom is 0.335 e. The predicted molar refractivity (Wildman–Crippen MR) is 90.3 cm³/mol. The van der Waals surface area contributed by atoms with Crippen LogP contribution in [-0.4, -0.2) is 115 Å². The molecule has 0 aromatic heterocycles. The van der Waals surface area contributed by atoms with Crippen LogP contribution in [0.4, 0.5) is 0 Å². The van der Waals surface area contributed by atoms with Crippen LogP contribution in [0, 0.1) is 0 Å². The number of rotatable bonds is 9. The molecule has 0 amide bonds. The summed E-state index contributed by atoms with van der Waals surface area (Å²) in [4.78, 5) is 27.9. The number of aliphatic hydroxyl groups excluding tert-OH is 3. The SMILES string of the molecule is CCONC1C(OC)OC(C=O)C(O)C1OC1OC(C(=O)O)C(OC)C(O)C1O. The Morgan fingerprint density at radius 1 is 1.03 bits per heavy atom. The molecule has 0 aromatic carbocycles. The van der Waals surface area contributed by atoms with Crippen molar-refractivity contribution in [1.29, 1.82) is 0 Å². The number of aldehydes is 1. The second kappa shape index (κ2) is 10.7. The van der Waals surface area contributed by atoms with Gasteiger partial charge in [-0.3, -0.25) is 0 Å². The summed E-state index contributed by atoms with van der Waals surface area (Å²) in [6, 6.07) is -0.998. The van der Waals surface area contributed by atoms with Crippen LogP contribution < -0.4 is 5.48 Å². The van der Waals surface area contributed by atoms with Crippen LogP contribution in [0.3, 0.4) is 0 Å². The lowest BCUT2D eigenvalue weighted by Crippen LogP contribution is -2.67. The van der Waals surface area contributed by atoms with Crippen molar-refractivity contribution < 1.29 is 58.5 Å². The highest BCUT2D eigenvalue weighted by Crippen LogP contribution is 2.30. The van der Waals surface area contributed by atoms with Gasteiger partial charge in [0.2, 0.25) is 0 Å². The third-order valence-electron chi connectivity index (χ3n) is 4.69. The zero-order chi connectivity index (χ0) is 21.7. The molecule has 5 N–H and O–H groups in total. The number of nitrogens with one attached hydrogen (secondary N) is 1. The zero-order valence-corrected chi connectivity index (χ0v) is 16.1. The van der Waals surface area contributed by atoms with Crippen molar-refractivity contribution in [3.8, 4) is 0 Å². The normalized spacial score (nSPS) is 43.1. The highest BCUT2D eigenvalue weighted by atomic mass is 16.7. The average molecular weight is 425 g/mol. The first kappa shape index (κ1) is 24.0. The number of hydrogen-bond donors (Lipinski definition) is 5. The number of aliphatic carboxylic acids is 1. The molecule has 13 nitrogen and oxygen atoms in total. The third-order valence-corrected chi connectivity index (χ3v) is 4.69. The monoisotopic (exact) mass is 425 g/mol. The highest BCUT2D eigenvalue weighted by Gasteiger charge is 2.53. The summed E-state index contributed by atoms with van der Waals surface area (Å²) in [7, 11) is 2.45. The summed E-state index contributed by atoms with van der Waals surface area (Å²) in [5, 5.41) is 40.4. The summed E-state index contributed by atoms with van der Waals surface area (Å²) in [5.74, 6) is -1.45. The molecule has 0 spiro atoms. The lowest BCUT2D eigenvalue weighted by molar-refractivity contribution is -0.340. The molecule has 2 saturated heterocycles. The lowest BCUT2D eigenvalue weighted by Gasteiger charge is -2.46. The van der Waals surface area contributed by atoms with Crippen LogP contribution in [-0.2, 0) is 38.1 Å². The van der Waals surface area contributed by atoms with Gasteiger partial charge < -0.3 is 53.7 Å². The van der Waals surface area contributed by atoms with Crippen molar-refractivity contribution >= 4 is 12.3 Å². The maximum absolute atomic E-state index is 11.5. The molecule has 13 heteroatoms. The van der Waals surface area contributed by atoms with Crippen LogP contribution in [0.5, 0.6) is 0 Å². The summed E-state index contributed by atoms with van der Waals surface area (Å²) < 4.78 is 26.3. The van der Waals surface area contributed by atoms with E-state index in [0.29, 0.717) is 6.29 Å². The Morgan fingerprint density at radius 2 is 1.72 bits per heavy atom. The van der Waals surface area contributed by atoms with E-state index in [0.717, 1.165) is 7.11 Å². The van der Waals surface area contributed by atoms with Gasteiger partial charge in [-0.05, 0) is 6.92 Å². The summed E-state index contributed by atoms with van der Waals surface area (Å²) in [6.07, 6.45) is -13.0. The molecule has 2 aliphatic rings. The third kappa shape index (κ3) is 5.08. The average Bonchev–Trinajstić information content (AvgIpc) is 2.71. The summed E-state index contributed by atoms with van der Waals surface area (Å²) >= 11 is 0. The molecule has 0 bridgehead atoms. The van der Waals surface area contributed by atoms with Crippen molar-refractivity contribution in [3.05, 3.63) is 0 Å². The Labute approximate surface area is 166 Å². The van der Waals surface area contributed by atoms with Crippen molar-refractivity contribution in [2.45, 2.75) is 68.3 Å². The Balaban J connectivity index is 2.27. The van der Waals surface area contributed by atoms with E-state index in [9.17, 15) is 30.0 Å². The van der Waals surface area contributed by atoms with E-state index >= 15 is 0 Å². The quantitative estimate of drug-likeness (QED) is 0.184. The van der Waals surface area contributed by atoms with E-state index in [1.54, 1.807) is 6.92 Å². The fraction of sp³-hybridized carbons (Fsp3) is 0.875. The molecular weight excluding hydrogens is 398 g/mol. The number of carbonyl (C=O) groups is 2. The van der Waals surface area contributed by atoms with E-state index < -0.39 is 67.3 Å². The van der Waals surface area contributed by atoms with Crippen molar-refractivity contribution in [2.75, 3.05) is 20.8 Å². The Hall–Kier alpha value is -1.26. The van der Waals surface area contributed by atoms with Gasteiger partial charge in [0, 0.05) is 14.2 Å². The van der Waals surface area contributed by atoms with Gasteiger partial charge in [-0.2, -0.15) is 5.48 Å². The van der Waals surface area contributed by atoms with Gasteiger partial charge in [0.1, 0.15) is 42.7 Å². The zero-order valence-electron chi connectivity index (χ0n) is 16.1. The first-order valence-corrected chi connectivity index (χ1v) is 8.92. The second-order valence-electron chi connectivity index (χ2n) is 6.45. The number of methoxy groups -OCH3 is 2. The molecule has 0 saturated carbocycles. The number of aliphatic hydroxyl groups is 3. The van der Waals surface area contributed by atoms with E-state index in [2.05, 4.69) is 5.48 Å². The molecule has 2 aliphatic heterocycles. The first-order chi connectivity index (χ1) is 13.8. The first-order valence-electron chi connectivity index (χ1n) is 8.92. The van der Waals surface area contributed by atoms with Crippen molar-refractivity contribution in [3.63, 3.8) is 0 Å². The number of carboxylic acids is 1. The molecular formula is C16H27NO12. The molecule has 2 heterocycles. The van der Waals surface area contributed by atoms with E-state index in [1.165, 1.54) is 7.11 Å². The highest BCUT2D eigenvalue weighted by molar-refractivity contribution is 5.73. The van der Waals surface area contributed by atoms with Crippen LogP contribution in [0.25, 0.3) is 0 Å². The standard InChI is InChI=1S/C16H27NO12/c1-4-26-17-7-11(8(19)6(5-18)27-15(7)25-3)28-16-10(21)9(20)12(24-2)13(29-16)14(22)23/h5-13,15-17,19-21H,4H2,1-3H3,(H,22,23). The number of carboxylic acid groups (broad SMARTS) is 1. The fourth-order valence-corrected chi connectivity index (χ4v) is 3.22. The van der Waals surface area contributed by atoms with Gasteiger partial charge in [-0.25, -0.2) is 4.79 Å². The minimum Gasteiger partial charge on any atom is -0.479 e. The van der Waals surface area contributed by atoms with E-state index in [-0.39, 0.29) is 6.61 Å². The Bertz CT molecular complexity index is 550. The second-order valence-corrected chi connectivity index (χ2v) is 6.45. The Kier molecular flexibility index (Phi) is 8.84. The van der Waals surface area contributed by atoms with Gasteiger partial charge in [0.05, 0.1) is 6.61 Å². The molecule has 2 rings (SSSR count). The molecule has 29 heavy (non-hydrogen) atoms. The molecule has 10 unspecified atom stereocenters. The smallest absolute Gasteiger partial charge is 0.335 e. The molecule has 168 valence electrons. The Morgan fingerprint density at radius 3 is 2.24 bits per heavy atom. The van der Waals surface area contributed by atoms with Gasteiger partial charge >= 0.3 is 5.97 Å². The van der Waals surface area contributed by atoms with Gasteiger partial charge in [-0.15, -0.1) is 0 Å². The van der Waals surface area contributed by atoms with Crippen molar-refractivity contribution in [2.24, 2.45) is 0 Å². The summed E-state index contributed by atoms with van der Waals surface area (Å²) in [5.41, 5.74) is 2.58. The minimum atomic E-state index is -1.71. The number of carbonyl (C=O) groups excluding carboxylic acids is 1. The summed E-state index contributed by atoms with van der Waals surface area (Å²) in [6.45, 7) is 1.91. The lowest BCUT2D eigenvalue weighted by atomic mass is 9.96. The van der Waals surface area contributed by atoms with Crippen LogP contribution in [0.15, 0.2) is 0 Å². The van der Waals surface area contributed by atoms with E-state index in [4.69, 9.17) is 28.5 Å². The van der Waals surface area contributed by atoms with Gasteiger partial charge in [-0.1, -0.05) is 0 Å². The minimum absolute atomic E-state index is 0.227. The number of ether oxygens (including phenoxy) is 5. The van der Waals surface area contributed by atoms with E-state index in [1.807, 2.05) is 0 Å². The van der Waals surface area contributed by atoms with Crippen LogP contribution in [0.1, 0.15) is 6.92 Å². The fourth-order valence-electron chi connectivity index (χ4n) is 3.22. The van der Waals surface area contributed by atoms with Crippen molar-refractivity contribution in [1.82, 2.24) is 5.48 Å². The largest absolute Gasteiger partial charge is 0.479 e. The van der Waals surface area contributed by atoms with Crippen LogP contribution in [0.2, 0.25) is 0 Å². The molecule has 0 radical (unpaired) electrons. The van der Waals surface area contributed by atoms with Gasteiger partial charge in [0.25, 0.3) is 0 Å². The molecule has 10 atom stereocenters. The number of hydroxylamine groups is 1. The topological polar surface area (TPSA) is 182 Å². The van der Waals surface area contributed by atoms with Gasteiger partial charge in [0.15, 0.2) is 25.0 Å². The number of hydrogen-bond acceptors (Lipinski definition) is 12. The molecule has 0 aliphatic carbocycles. The molecule has 2 fully saturated rings.